The predicted molar refractivity (Wildman–Crippen MR) is 127 cm³/mol. The largest absolute Gasteiger partial charge is 0.481 e. The van der Waals surface area contributed by atoms with Crippen LogP contribution in [0.5, 0.6) is 0 Å². The zero-order chi connectivity index (χ0) is 20.3. The minimum atomic E-state index is -0.673. The standard InChI is InChI=1S/C23H44O4.2ClH/c1-20(2)21(18-19-23(26)27)16-14-12-10-8-6-4-3-5-7-9-11-13-15-17-22(24)25;;/h20-21H,3-19H2,1-2H3,(H,24,25)(H,26,27);2*1H. The Balaban J connectivity index is -0.00000338. The van der Waals surface area contributed by atoms with Gasteiger partial charge in [0.05, 0.1) is 0 Å². The molecule has 2 N–H and O–H groups in total. The Morgan fingerprint density at radius 3 is 1.24 bits per heavy atom. The molecule has 0 saturated heterocycles. The SMILES string of the molecule is CC(C)C(CCCCCCCCCCCCCCCC(=O)O)CCC(=O)O.Cl.Cl. The van der Waals surface area contributed by atoms with Crippen LogP contribution in [-0.4, -0.2) is 22.2 Å². The van der Waals surface area contributed by atoms with E-state index >= 15 is 0 Å². The molecule has 176 valence electrons. The second-order valence-electron chi connectivity index (χ2n) is 8.47. The molecule has 0 spiro atoms. The van der Waals surface area contributed by atoms with Crippen molar-refractivity contribution in [1.82, 2.24) is 0 Å². The molecular weight excluding hydrogens is 411 g/mol. The molecule has 0 aliphatic rings. The fourth-order valence-electron chi connectivity index (χ4n) is 3.75. The summed E-state index contributed by atoms with van der Waals surface area (Å²) >= 11 is 0. The lowest BCUT2D eigenvalue weighted by atomic mass is 9.86. The minimum absolute atomic E-state index is 0. The van der Waals surface area contributed by atoms with E-state index in [1.165, 1.54) is 77.0 Å². The predicted octanol–water partition coefficient (Wildman–Crippen LogP) is 7.90. The van der Waals surface area contributed by atoms with Crippen LogP contribution < -0.4 is 0 Å². The molecule has 0 fully saturated rings. The van der Waals surface area contributed by atoms with Crippen LogP contribution in [0.3, 0.4) is 0 Å². The van der Waals surface area contributed by atoms with Gasteiger partial charge in [0.25, 0.3) is 0 Å². The molecule has 29 heavy (non-hydrogen) atoms. The van der Waals surface area contributed by atoms with Crippen LogP contribution in [-0.2, 0) is 9.59 Å². The van der Waals surface area contributed by atoms with Crippen molar-refractivity contribution in [2.24, 2.45) is 11.8 Å². The molecule has 0 rings (SSSR count). The quantitative estimate of drug-likeness (QED) is 0.182. The third-order valence-corrected chi connectivity index (χ3v) is 5.64. The molecule has 0 aliphatic carbocycles. The molecule has 0 amide bonds. The Morgan fingerprint density at radius 1 is 0.552 bits per heavy atom. The fourth-order valence-corrected chi connectivity index (χ4v) is 3.75. The summed E-state index contributed by atoms with van der Waals surface area (Å²) in [7, 11) is 0. The monoisotopic (exact) mass is 456 g/mol. The van der Waals surface area contributed by atoms with Gasteiger partial charge in [0, 0.05) is 12.8 Å². The van der Waals surface area contributed by atoms with Crippen molar-refractivity contribution in [2.45, 2.75) is 123 Å². The van der Waals surface area contributed by atoms with E-state index < -0.39 is 11.9 Å². The molecule has 0 radical (unpaired) electrons. The number of carboxylic acids is 2. The third kappa shape index (κ3) is 25.5. The van der Waals surface area contributed by atoms with Crippen LogP contribution in [0.4, 0.5) is 0 Å². The molecule has 1 unspecified atom stereocenters. The number of carbonyl (C=O) groups is 2. The van der Waals surface area contributed by atoms with Crippen molar-refractivity contribution < 1.29 is 19.8 Å². The number of rotatable bonds is 20. The number of halogens is 2. The first-order valence-corrected chi connectivity index (χ1v) is 11.4. The Kier molecular flexibility index (Phi) is 27.2. The van der Waals surface area contributed by atoms with Crippen LogP contribution in [0.15, 0.2) is 0 Å². The van der Waals surface area contributed by atoms with Crippen LogP contribution in [0.2, 0.25) is 0 Å². The average molecular weight is 458 g/mol. The van der Waals surface area contributed by atoms with E-state index in [1.54, 1.807) is 0 Å². The smallest absolute Gasteiger partial charge is 0.303 e. The number of hydrogen-bond donors (Lipinski definition) is 2. The number of carboxylic acid groups (broad SMARTS) is 2. The Hall–Kier alpha value is -0.480. The summed E-state index contributed by atoms with van der Waals surface area (Å²) in [5.74, 6) is -0.196. The van der Waals surface area contributed by atoms with Gasteiger partial charge in [0.15, 0.2) is 0 Å². The summed E-state index contributed by atoms with van der Waals surface area (Å²) in [6.07, 6.45) is 18.7. The van der Waals surface area contributed by atoms with Gasteiger partial charge in [-0.05, 0) is 24.7 Å². The number of unbranched alkanes of at least 4 members (excludes halogenated alkanes) is 12. The second-order valence-corrected chi connectivity index (χ2v) is 8.47. The average Bonchev–Trinajstić information content (AvgIpc) is 2.59. The van der Waals surface area contributed by atoms with Crippen molar-refractivity contribution in [1.29, 1.82) is 0 Å². The third-order valence-electron chi connectivity index (χ3n) is 5.64. The van der Waals surface area contributed by atoms with Gasteiger partial charge in [-0.2, -0.15) is 0 Å². The van der Waals surface area contributed by atoms with E-state index in [1.807, 2.05) is 0 Å². The second kappa shape index (κ2) is 23.8. The van der Waals surface area contributed by atoms with Crippen molar-refractivity contribution in [3.8, 4) is 0 Å². The Bertz CT molecular complexity index is 376. The summed E-state index contributed by atoms with van der Waals surface area (Å²) in [6, 6.07) is 0. The molecular formula is C23H46Cl2O4. The summed E-state index contributed by atoms with van der Waals surface area (Å²) in [6.45, 7) is 4.42. The lowest BCUT2D eigenvalue weighted by molar-refractivity contribution is -0.138. The van der Waals surface area contributed by atoms with Gasteiger partial charge in [0.1, 0.15) is 0 Å². The first-order chi connectivity index (χ1) is 12.9. The highest BCUT2D eigenvalue weighted by atomic mass is 35.5. The van der Waals surface area contributed by atoms with E-state index in [0.717, 1.165) is 19.3 Å². The molecule has 0 saturated carbocycles. The van der Waals surface area contributed by atoms with Crippen molar-refractivity contribution in [3.05, 3.63) is 0 Å². The first kappa shape index (κ1) is 33.2. The van der Waals surface area contributed by atoms with Gasteiger partial charge in [0.2, 0.25) is 0 Å². The Morgan fingerprint density at radius 2 is 0.897 bits per heavy atom. The molecule has 0 aliphatic heterocycles. The minimum Gasteiger partial charge on any atom is -0.481 e. The molecule has 0 aromatic carbocycles. The molecule has 1 atom stereocenters. The van der Waals surface area contributed by atoms with E-state index in [0.29, 0.717) is 24.7 Å². The van der Waals surface area contributed by atoms with Gasteiger partial charge in [-0.1, -0.05) is 97.3 Å². The lowest BCUT2D eigenvalue weighted by Crippen LogP contribution is -2.11. The highest BCUT2D eigenvalue weighted by Gasteiger charge is 2.14. The maximum absolute atomic E-state index is 10.7. The molecule has 0 bridgehead atoms. The maximum Gasteiger partial charge on any atom is 0.303 e. The Labute approximate surface area is 191 Å². The fraction of sp³-hybridized carbons (Fsp3) is 0.913. The normalized spacial score (nSPS) is 11.6. The van der Waals surface area contributed by atoms with Gasteiger partial charge in [-0.3, -0.25) is 9.59 Å². The van der Waals surface area contributed by atoms with Gasteiger partial charge in [-0.15, -0.1) is 24.8 Å². The highest BCUT2D eigenvalue weighted by molar-refractivity contribution is 5.85. The lowest BCUT2D eigenvalue weighted by Gasteiger charge is -2.19. The van der Waals surface area contributed by atoms with Crippen molar-refractivity contribution >= 4 is 36.8 Å². The molecule has 6 heteroatoms. The van der Waals surface area contributed by atoms with Crippen molar-refractivity contribution in [3.63, 3.8) is 0 Å². The van der Waals surface area contributed by atoms with Gasteiger partial charge >= 0.3 is 11.9 Å². The zero-order valence-electron chi connectivity index (χ0n) is 18.7. The zero-order valence-corrected chi connectivity index (χ0v) is 20.3. The molecule has 4 nitrogen and oxygen atoms in total. The number of hydrogen-bond acceptors (Lipinski definition) is 2. The summed E-state index contributed by atoms with van der Waals surface area (Å²) in [4.78, 5) is 21.1. The van der Waals surface area contributed by atoms with Crippen LogP contribution >= 0.6 is 24.8 Å². The topological polar surface area (TPSA) is 74.6 Å². The summed E-state index contributed by atoms with van der Waals surface area (Å²) < 4.78 is 0. The molecule has 0 aromatic rings. The maximum atomic E-state index is 10.7. The van der Waals surface area contributed by atoms with E-state index in [-0.39, 0.29) is 24.8 Å². The van der Waals surface area contributed by atoms with Crippen molar-refractivity contribution in [2.75, 3.05) is 0 Å². The molecule has 0 heterocycles. The first-order valence-electron chi connectivity index (χ1n) is 11.4. The highest BCUT2D eigenvalue weighted by Crippen LogP contribution is 2.24. The molecule has 0 aromatic heterocycles. The van der Waals surface area contributed by atoms with E-state index in [2.05, 4.69) is 13.8 Å². The summed E-state index contributed by atoms with van der Waals surface area (Å²) in [5, 5.41) is 17.4. The number of aliphatic carboxylic acids is 2. The summed E-state index contributed by atoms with van der Waals surface area (Å²) in [5.41, 5.74) is 0. The van der Waals surface area contributed by atoms with Crippen LogP contribution in [0.25, 0.3) is 0 Å². The van der Waals surface area contributed by atoms with Crippen LogP contribution in [0.1, 0.15) is 123 Å². The van der Waals surface area contributed by atoms with Gasteiger partial charge < -0.3 is 10.2 Å². The van der Waals surface area contributed by atoms with Crippen LogP contribution in [0, 0.1) is 11.8 Å². The van der Waals surface area contributed by atoms with E-state index in [4.69, 9.17) is 10.2 Å². The van der Waals surface area contributed by atoms with Gasteiger partial charge in [-0.25, -0.2) is 0 Å². The van der Waals surface area contributed by atoms with E-state index in [9.17, 15) is 9.59 Å².